The highest BCUT2D eigenvalue weighted by Gasteiger charge is 2.23. The molecule has 0 aliphatic heterocycles. The zero-order chi connectivity index (χ0) is 21.8. The van der Waals surface area contributed by atoms with E-state index in [1.807, 2.05) is 0 Å². The lowest BCUT2D eigenvalue weighted by molar-refractivity contribution is 0.126. The van der Waals surface area contributed by atoms with E-state index in [-0.39, 0.29) is 29.5 Å². The summed E-state index contributed by atoms with van der Waals surface area (Å²) in [6, 6.07) is 12.9. The molecule has 8 heteroatoms. The lowest BCUT2D eigenvalue weighted by atomic mass is 9.93. The fraction of sp³-hybridized carbons (Fsp3) is 0.261. The van der Waals surface area contributed by atoms with Gasteiger partial charge in [0, 0.05) is 11.6 Å². The molecule has 160 valence electrons. The van der Waals surface area contributed by atoms with Gasteiger partial charge in [-0.25, -0.2) is 14.4 Å². The van der Waals surface area contributed by atoms with Crippen molar-refractivity contribution >= 4 is 17.3 Å². The molecular weight excluding hydrogens is 397 g/mol. The molecule has 1 fully saturated rings. The number of rotatable bonds is 6. The van der Waals surface area contributed by atoms with Crippen LogP contribution in [0.3, 0.4) is 0 Å². The largest absolute Gasteiger partial charge is 0.457 e. The standard InChI is InChI=1S/C23H24FN5O2/c24-15-3-11-19(12-4-15)31-18-9-1-14(2-10-18)21(25)20-22(26)27-13-28-23(20)29-16-5-7-17(30)8-6-16/h1-4,9-13,16-17,25,30H,5-8H2,(H3,26,27,28,29). The second-order valence-corrected chi connectivity index (χ2v) is 7.59. The summed E-state index contributed by atoms with van der Waals surface area (Å²) in [6.45, 7) is 0. The number of benzene rings is 2. The number of nitrogens with one attached hydrogen (secondary N) is 2. The van der Waals surface area contributed by atoms with E-state index in [0.29, 0.717) is 28.4 Å². The molecule has 0 saturated heterocycles. The van der Waals surface area contributed by atoms with Gasteiger partial charge in [-0.1, -0.05) is 0 Å². The predicted molar refractivity (Wildman–Crippen MR) is 117 cm³/mol. The maximum atomic E-state index is 13.0. The van der Waals surface area contributed by atoms with Crippen LogP contribution >= 0.6 is 0 Å². The average Bonchev–Trinajstić information content (AvgIpc) is 2.77. The van der Waals surface area contributed by atoms with Crippen LogP contribution in [0.4, 0.5) is 16.0 Å². The molecule has 0 radical (unpaired) electrons. The number of hydrogen-bond donors (Lipinski definition) is 4. The molecule has 0 unspecified atom stereocenters. The summed E-state index contributed by atoms with van der Waals surface area (Å²) in [5, 5.41) is 21.8. The van der Waals surface area contributed by atoms with E-state index in [4.69, 9.17) is 15.9 Å². The number of aliphatic hydroxyl groups is 1. The van der Waals surface area contributed by atoms with E-state index >= 15 is 0 Å². The van der Waals surface area contributed by atoms with Crippen LogP contribution in [0.5, 0.6) is 11.5 Å². The van der Waals surface area contributed by atoms with Gasteiger partial charge in [0.15, 0.2) is 0 Å². The Balaban J connectivity index is 1.51. The van der Waals surface area contributed by atoms with Gasteiger partial charge in [-0.05, 0) is 74.2 Å². The molecule has 3 aromatic rings. The number of nitrogens with two attached hydrogens (primary N) is 1. The number of anilines is 2. The van der Waals surface area contributed by atoms with E-state index < -0.39 is 0 Å². The van der Waals surface area contributed by atoms with E-state index in [1.165, 1.54) is 18.5 Å². The van der Waals surface area contributed by atoms with Crippen LogP contribution in [0.25, 0.3) is 0 Å². The molecule has 1 aromatic heterocycles. The second kappa shape index (κ2) is 9.09. The zero-order valence-electron chi connectivity index (χ0n) is 16.9. The molecular formula is C23H24FN5O2. The second-order valence-electron chi connectivity index (χ2n) is 7.59. The SMILES string of the molecule is N=C(c1ccc(Oc2ccc(F)cc2)cc1)c1c(N)ncnc1NC1CCC(O)CC1. The van der Waals surface area contributed by atoms with Crippen molar-refractivity contribution < 1.29 is 14.2 Å². The summed E-state index contributed by atoms with van der Waals surface area (Å²) in [6.07, 6.45) is 4.26. The molecule has 1 heterocycles. The molecule has 7 nitrogen and oxygen atoms in total. The van der Waals surface area contributed by atoms with Crippen LogP contribution in [0.2, 0.25) is 0 Å². The summed E-state index contributed by atoms with van der Waals surface area (Å²) < 4.78 is 18.8. The minimum Gasteiger partial charge on any atom is -0.457 e. The Kier molecular flexibility index (Phi) is 6.08. The Morgan fingerprint density at radius 1 is 1.00 bits per heavy atom. The van der Waals surface area contributed by atoms with E-state index in [0.717, 1.165) is 25.7 Å². The summed E-state index contributed by atoms with van der Waals surface area (Å²) in [5.41, 5.74) is 7.38. The van der Waals surface area contributed by atoms with Crippen molar-refractivity contribution in [3.63, 3.8) is 0 Å². The lowest BCUT2D eigenvalue weighted by Crippen LogP contribution is -2.29. The van der Waals surface area contributed by atoms with E-state index in [2.05, 4.69) is 15.3 Å². The minimum atomic E-state index is -0.326. The highest BCUT2D eigenvalue weighted by Crippen LogP contribution is 2.28. The number of aromatic nitrogens is 2. The van der Waals surface area contributed by atoms with Gasteiger partial charge >= 0.3 is 0 Å². The molecule has 2 aromatic carbocycles. The number of ether oxygens (including phenoxy) is 1. The van der Waals surface area contributed by atoms with Gasteiger partial charge in [0.25, 0.3) is 0 Å². The maximum Gasteiger partial charge on any atom is 0.141 e. The number of halogens is 1. The van der Waals surface area contributed by atoms with E-state index in [1.54, 1.807) is 36.4 Å². The van der Waals surface area contributed by atoms with Crippen molar-refractivity contribution in [2.75, 3.05) is 11.1 Å². The summed E-state index contributed by atoms with van der Waals surface area (Å²) in [4.78, 5) is 8.38. The molecule has 4 rings (SSSR count). The van der Waals surface area contributed by atoms with Gasteiger partial charge in [-0.3, -0.25) is 5.41 Å². The highest BCUT2D eigenvalue weighted by atomic mass is 19.1. The molecule has 0 amide bonds. The predicted octanol–water partition coefficient (Wildman–Crippen LogP) is 4.12. The zero-order valence-corrected chi connectivity index (χ0v) is 16.9. The first-order valence-corrected chi connectivity index (χ1v) is 10.2. The smallest absolute Gasteiger partial charge is 0.141 e. The van der Waals surface area contributed by atoms with Gasteiger partial charge in [0.1, 0.15) is 35.3 Å². The quantitative estimate of drug-likeness (QED) is 0.445. The topological polar surface area (TPSA) is 117 Å². The third-order valence-corrected chi connectivity index (χ3v) is 5.36. The third kappa shape index (κ3) is 4.97. The van der Waals surface area contributed by atoms with Gasteiger partial charge in [0.05, 0.1) is 17.4 Å². The summed E-state index contributed by atoms with van der Waals surface area (Å²) >= 11 is 0. The first-order valence-electron chi connectivity index (χ1n) is 10.2. The fourth-order valence-electron chi connectivity index (χ4n) is 3.64. The number of hydrogen-bond acceptors (Lipinski definition) is 7. The van der Waals surface area contributed by atoms with Crippen LogP contribution < -0.4 is 15.8 Å². The molecule has 1 aliphatic carbocycles. The molecule has 31 heavy (non-hydrogen) atoms. The Labute approximate surface area is 179 Å². The monoisotopic (exact) mass is 421 g/mol. The molecule has 0 bridgehead atoms. The number of aliphatic hydroxyl groups excluding tert-OH is 1. The van der Waals surface area contributed by atoms with Crippen molar-refractivity contribution in [3.8, 4) is 11.5 Å². The molecule has 5 N–H and O–H groups in total. The van der Waals surface area contributed by atoms with Crippen LogP contribution in [-0.2, 0) is 0 Å². The molecule has 0 spiro atoms. The van der Waals surface area contributed by atoms with Crippen molar-refractivity contribution in [1.29, 1.82) is 5.41 Å². The minimum absolute atomic E-state index is 0.163. The first-order chi connectivity index (χ1) is 15.0. The maximum absolute atomic E-state index is 13.0. The summed E-state index contributed by atoms with van der Waals surface area (Å²) in [5.74, 6) is 1.51. The highest BCUT2D eigenvalue weighted by molar-refractivity contribution is 6.16. The van der Waals surface area contributed by atoms with Crippen LogP contribution in [-0.4, -0.2) is 32.9 Å². The van der Waals surface area contributed by atoms with Crippen LogP contribution in [0.1, 0.15) is 36.8 Å². The Morgan fingerprint density at radius 2 is 1.61 bits per heavy atom. The van der Waals surface area contributed by atoms with Gasteiger partial charge in [-0.15, -0.1) is 0 Å². The van der Waals surface area contributed by atoms with Gasteiger partial charge < -0.3 is 20.9 Å². The van der Waals surface area contributed by atoms with E-state index in [9.17, 15) is 9.50 Å². The Bertz CT molecular complexity index is 1050. The van der Waals surface area contributed by atoms with Crippen molar-refractivity contribution in [2.24, 2.45) is 0 Å². The van der Waals surface area contributed by atoms with Crippen LogP contribution in [0, 0.1) is 11.2 Å². The Morgan fingerprint density at radius 3 is 2.26 bits per heavy atom. The normalized spacial score (nSPS) is 18.4. The number of nitrogen functional groups attached to an aromatic ring is 1. The van der Waals surface area contributed by atoms with Crippen LogP contribution in [0.15, 0.2) is 54.9 Å². The van der Waals surface area contributed by atoms with Crippen molar-refractivity contribution in [1.82, 2.24) is 9.97 Å². The van der Waals surface area contributed by atoms with Gasteiger partial charge in [-0.2, -0.15) is 0 Å². The molecule has 1 aliphatic rings. The fourth-order valence-corrected chi connectivity index (χ4v) is 3.64. The van der Waals surface area contributed by atoms with Crippen molar-refractivity contribution in [3.05, 3.63) is 71.8 Å². The molecule has 1 saturated carbocycles. The Hall–Kier alpha value is -3.52. The summed E-state index contributed by atoms with van der Waals surface area (Å²) in [7, 11) is 0. The van der Waals surface area contributed by atoms with Crippen molar-refractivity contribution in [2.45, 2.75) is 37.8 Å². The third-order valence-electron chi connectivity index (χ3n) is 5.36. The number of nitrogens with zero attached hydrogens (tertiary/aromatic N) is 2. The lowest BCUT2D eigenvalue weighted by Gasteiger charge is -2.27. The average molecular weight is 421 g/mol. The molecule has 0 atom stereocenters. The van der Waals surface area contributed by atoms with Gasteiger partial charge in [0.2, 0.25) is 0 Å². The first kappa shape index (κ1) is 20.7.